The topological polar surface area (TPSA) is 12.0 Å². The number of rotatable bonds is 2. The molecule has 14 heavy (non-hydrogen) atoms. The van der Waals surface area contributed by atoms with Crippen LogP contribution >= 0.6 is 23.4 Å². The monoisotopic (exact) mass is 227 g/mol. The van der Waals surface area contributed by atoms with Crippen molar-refractivity contribution < 1.29 is 0 Å². The summed E-state index contributed by atoms with van der Waals surface area (Å²) < 4.78 is 0. The van der Waals surface area contributed by atoms with Gasteiger partial charge in [-0.1, -0.05) is 17.7 Å². The van der Waals surface area contributed by atoms with Gasteiger partial charge in [-0.2, -0.15) is 11.8 Å². The lowest BCUT2D eigenvalue weighted by Crippen LogP contribution is -2.17. The second-order valence-electron chi connectivity index (χ2n) is 3.67. The van der Waals surface area contributed by atoms with Gasteiger partial charge in [-0.05, 0) is 36.8 Å². The molecule has 1 saturated heterocycles. The first-order chi connectivity index (χ1) is 6.75. The van der Waals surface area contributed by atoms with E-state index in [9.17, 15) is 0 Å². The van der Waals surface area contributed by atoms with Gasteiger partial charge in [0, 0.05) is 22.5 Å². The number of hydrogen-bond donors (Lipinski definition) is 1. The minimum atomic E-state index is 0.624. The molecule has 1 aliphatic rings. The predicted octanol–water partition coefficient (Wildman–Crippen LogP) is 3.57. The van der Waals surface area contributed by atoms with Crippen LogP contribution in [0.15, 0.2) is 18.2 Å². The zero-order valence-corrected chi connectivity index (χ0v) is 9.79. The molecule has 0 bridgehead atoms. The van der Waals surface area contributed by atoms with Crippen LogP contribution < -0.4 is 5.32 Å². The van der Waals surface area contributed by atoms with Gasteiger partial charge >= 0.3 is 0 Å². The normalized spacial score (nSPS) is 21.1. The molecule has 0 amide bonds. The lowest BCUT2D eigenvalue weighted by Gasteiger charge is -2.13. The van der Waals surface area contributed by atoms with E-state index in [1.807, 2.05) is 24.8 Å². The molecule has 76 valence electrons. The standard InChI is InChI=1S/C11H14ClNS/c1-8-2-3-9(6-11(8)12)13-10-4-5-14-7-10/h2-3,6,10,13H,4-5,7H2,1H3. The molecule has 0 radical (unpaired) electrons. The summed E-state index contributed by atoms with van der Waals surface area (Å²) in [5, 5.41) is 4.35. The number of hydrogen-bond acceptors (Lipinski definition) is 2. The van der Waals surface area contributed by atoms with Crippen LogP contribution in [0, 0.1) is 6.92 Å². The Hall–Kier alpha value is -0.340. The fraction of sp³-hybridized carbons (Fsp3) is 0.455. The van der Waals surface area contributed by atoms with Crippen molar-refractivity contribution in [2.75, 3.05) is 16.8 Å². The molecule has 1 unspecified atom stereocenters. The molecular formula is C11H14ClNS. The summed E-state index contributed by atoms with van der Waals surface area (Å²) in [6.07, 6.45) is 1.26. The summed E-state index contributed by atoms with van der Waals surface area (Å²) in [5.41, 5.74) is 2.28. The average molecular weight is 228 g/mol. The van der Waals surface area contributed by atoms with Gasteiger partial charge in [-0.25, -0.2) is 0 Å². The SMILES string of the molecule is Cc1ccc(NC2CCSC2)cc1Cl. The Labute approximate surface area is 94.2 Å². The Balaban J connectivity index is 2.05. The highest BCUT2D eigenvalue weighted by atomic mass is 35.5. The molecule has 0 aliphatic carbocycles. The second kappa shape index (κ2) is 4.45. The van der Waals surface area contributed by atoms with Crippen LogP contribution in [0.4, 0.5) is 5.69 Å². The fourth-order valence-corrected chi connectivity index (χ4v) is 2.90. The van der Waals surface area contributed by atoms with Gasteiger partial charge < -0.3 is 5.32 Å². The number of benzene rings is 1. The Morgan fingerprint density at radius 3 is 3.00 bits per heavy atom. The minimum absolute atomic E-state index is 0.624. The molecule has 1 atom stereocenters. The van der Waals surface area contributed by atoms with E-state index in [-0.39, 0.29) is 0 Å². The molecule has 1 fully saturated rings. The van der Waals surface area contributed by atoms with Crippen molar-refractivity contribution in [3.05, 3.63) is 28.8 Å². The average Bonchev–Trinajstić information content (AvgIpc) is 2.64. The smallest absolute Gasteiger partial charge is 0.0455 e. The first kappa shape index (κ1) is 10.2. The molecule has 3 heteroatoms. The number of nitrogens with one attached hydrogen (secondary N) is 1. The molecule has 1 nitrogen and oxygen atoms in total. The van der Waals surface area contributed by atoms with Crippen molar-refractivity contribution in [1.29, 1.82) is 0 Å². The maximum atomic E-state index is 6.05. The maximum absolute atomic E-state index is 6.05. The quantitative estimate of drug-likeness (QED) is 0.829. The van der Waals surface area contributed by atoms with E-state index in [1.54, 1.807) is 0 Å². The number of aryl methyl sites for hydroxylation is 1. The van der Waals surface area contributed by atoms with Gasteiger partial charge in [-0.15, -0.1) is 0 Å². The largest absolute Gasteiger partial charge is 0.381 e. The van der Waals surface area contributed by atoms with Crippen LogP contribution in [0.5, 0.6) is 0 Å². The zero-order chi connectivity index (χ0) is 9.97. The second-order valence-corrected chi connectivity index (χ2v) is 5.23. The van der Waals surface area contributed by atoms with Crippen LogP contribution in [0.3, 0.4) is 0 Å². The lowest BCUT2D eigenvalue weighted by molar-refractivity contribution is 0.813. The molecule has 1 aliphatic heterocycles. The number of halogens is 1. The van der Waals surface area contributed by atoms with E-state index in [0.717, 1.165) is 16.3 Å². The highest BCUT2D eigenvalue weighted by Gasteiger charge is 2.14. The van der Waals surface area contributed by atoms with Crippen molar-refractivity contribution >= 4 is 29.1 Å². The van der Waals surface area contributed by atoms with Gasteiger partial charge in [-0.3, -0.25) is 0 Å². The number of thioether (sulfide) groups is 1. The third-order valence-corrected chi connectivity index (χ3v) is 4.04. The maximum Gasteiger partial charge on any atom is 0.0455 e. The third-order valence-electron chi connectivity index (χ3n) is 2.47. The van der Waals surface area contributed by atoms with Crippen LogP contribution in [0.2, 0.25) is 5.02 Å². The summed E-state index contributed by atoms with van der Waals surface area (Å²) in [6.45, 7) is 2.03. The van der Waals surface area contributed by atoms with Gasteiger partial charge in [0.25, 0.3) is 0 Å². The Kier molecular flexibility index (Phi) is 3.24. The van der Waals surface area contributed by atoms with E-state index in [1.165, 1.54) is 17.9 Å². The Morgan fingerprint density at radius 1 is 1.50 bits per heavy atom. The molecule has 1 aromatic rings. The minimum Gasteiger partial charge on any atom is -0.381 e. The highest BCUT2D eigenvalue weighted by molar-refractivity contribution is 7.99. The van der Waals surface area contributed by atoms with E-state index in [2.05, 4.69) is 17.4 Å². The lowest BCUT2D eigenvalue weighted by atomic mass is 10.2. The summed E-state index contributed by atoms with van der Waals surface area (Å²) in [7, 11) is 0. The summed E-state index contributed by atoms with van der Waals surface area (Å²) in [6, 6.07) is 6.80. The highest BCUT2D eigenvalue weighted by Crippen LogP contribution is 2.24. The Morgan fingerprint density at radius 2 is 2.36 bits per heavy atom. The molecule has 1 aromatic carbocycles. The summed E-state index contributed by atoms with van der Waals surface area (Å²) in [5.74, 6) is 2.49. The van der Waals surface area contributed by atoms with Crippen LogP contribution in [-0.2, 0) is 0 Å². The first-order valence-corrected chi connectivity index (χ1v) is 6.39. The van der Waals surface area contributed by atoms with Crippen molar-refractivity contribution in [3.8, 4) is 0 Å². The fourth-order valence-electron chi connectivity index (χ4n) is 1.57. The molecule has 0 spiro atoms. The summed E-state index contributed by atoms with van der Waals surface area (Å²) in [4.78, 5) is 0. The van der Waals surface area contributed by atoms with Crippen molar-refractivity contribution in [2.45, 2.75) is 19.4 Å². The van der Waals surface area contributed by atoms with Gasteiger partial charge in [0.1, 0.15) is 0 Å². The van der Waals surface area contributed by atoms with Gasteiger partial charge in [0.2, 0.25) is 0 Å². The Bertz CT molecular complexity index is 321. The molecular weight excluding hydrogens is 214 g/mol. The third kappa shape index (κ3) is 2.37. The molecule has 2 rings (SSSR count). The molecule has 1 N–H and O–H groups in total. The van der Waals surface area contributed by atoms with Crippen molar-refractivity contribution in [3.63, 3.8) is 0 Å². The predicted molar refractivity (Wildman–Crippen MR) is 65.5 cm³/mol. The molecule has 0 aromatic heterocycles. The van der Waals surface area contributed by atoms with Gasteiger partial charge in [0.05, 0.1) is 0 Å². The number of anilines is 1. The van der Waals surface area contributed by atoms with Crippen LogP contribution in [0.25, 0.3) is 0 Å². The van der Waals surface area contributed by atoms with Crippen molar-refractivity contribution in [2.24, 2.45) is 0 Å². The van der Waals surface area contributed by atoms with E-state index >= 15 is 0 Å². The van der Waals surface area contributed by atoms with E-state index < -0.39 is 0 Å². The first-order valence-electron chi connectivity index (χ1n) is 4.86. The zero-order valence-electron chi connectivity index (χ0n) is 8.22. The summed E-state index contributed by atoms with van der Waals surface area (Å²) >= 11 is 8.07. The van der Waals surface area contributed by atoms with E-state index in [4.69, 9.17) is 11.6 Å². The van der Waals surface area contributed by atoms with Crippen molar-refractivity contribution in [1.82, 2.24) is 0 Å². The van der Waals surface area contributed by atoms with Crippen LogP contribution in [0.1, 0.15) is 12.0 Å². The van der Waals surface area contributed by atoms with Crippen LogP contribution in [-0.4, -0.2) is 17.5 Å². The van der Waals surface area contributed by atoms with E-state index in [0.29, 0.717) is 6.04 Å². The molecule has 1 heterocycles. The van der Waals surface area contributed by atoms with Gasteiger partial charge in [0.15, 0.2) is 0 Å². The molecule has 0 saturated carbocycles.